The highest BCUT2D eigenvalue weighted by Crippen LogP contribution is 2.10. The van der Waals surface area contributed by atoms with Crippen LogP contribution in [0, 0.1) is 11.6 Å². The predicted octanol–water partition coefficient (Wildman–Crippen LogP) is 2.31. The van der Waals surface area contributed by atoms with Crippen LogP contribution in [0.2, 0.25) is 0 Å². The Kier molecular flexibility index (Phi) is 5.91. The summed E-state index contributed by atoms with van der Waals surface area (Å²) in [4.78, 5) is 25.8. The number of benzene rings is 2. The SMILES string of the molecule is O=c1c(Br)cn(Cc2cn(-c3ccc(F)cc3)nn2)c(=O)n1Cc1cn(-c2ccc(F)cc2)nn1. The van der Waals surface area contributed by atoms with Gasteiger partial charge in [0.15, 0.2) is 0 Å². The van der Waals surface area contributed by atoms with Crippen LogP contribution in [0.4, 0.5) is 8.78 Å². The zero-order valence-corrected chi connectivity index (χ0v) is 19.4. The van der Waals surface area contributed by atoms with Crippen molar-refractivity contribution in [3.05, 3.63) is 115 Å². The molecule has 0 saturated carbocycles. The third-order valence-corrected chi connectivity index (χ3v) is 5.66. The standard InChI is InChI=1S/C22H15BrF2N8O2/c23-20-13-30(9-16-11-32(28-26-16)18-5-1-14(24)2-6-18)22(35)31(21(20)34)10-17-12-33(29-27-17)19-7-3-15(25)4-8-19/h1-8,11-13H,9-10H2. The lowest BCUT2D eigenvalue weighted by atomic mass is 10.3. The van der Waals surface area contributed by atoms with Gasteiger partial charge in [-0.05, 0) is 64.5 Å². The van der Waals surface area contributed by atoms with Crippen molar-refractivity contribution < 1.29 is 8.78 Å². The highest BCUT2D eigenvalue weighted by atomic mass is 79.9. The Bertz CT molecular complexity index is 1620. The summed E-state index contributed by atoms with van der Waals surface area (Å²) in [6.45, 7) is -0.0816. The van der Waals surface area contributed by atoms with Crippen LogP contribution in [0.25, 0.3) is 11.4 Å². The Labute approximate surface area is 203 Å². The van der Waals surface area contributed by atoms with Gasteiger partial charge < -0.3 is 0 Å². The fourth-order valence-corrected chi connectivity index (χ4v) is 3.85. The highest BCUT2D eigenvalue weighted by molar-refractivity contribution is 9.10. The van der Waals surface area contributed by atoms with E-state index in [0.29, 0.717) is 22.8 Å². The van der Waals surface area contributed by atoms with Crippen molar-refractivity contribution in [1.29, 1.82) is 0 Å². The molecule has 0 spiro atoms. The van der Waals surface area contributed by atoms with E-state index in [0.717, 1.165) is 4.57 Å². The Morgan fingerprint density at radius 1 is 0.714 bits per heavy atom. The third kappa shape index (κ3) is 4.71. The van der Waals surface area contributed by atoms with E-state index in [1.165, 1.54) is 56.5 Å². The van der Waals surface area contributed by atoms with Crippen LogP contribution >= 0.6 is 15.9 Å². The summed E-state index contributed by atoms with van der Waals surface area (Å²) in [5.41, 5.74) is 0.890. The zero-order chi connectivity index (χ0) is 24.5. The van der Waals surface area contributed by atoms with Crippen LogP contribution in [0.3, 0.4) is 0 Å². The number of rotatable bonds is 6. The fraction of sp³-hybridized carbons (Fsp3) is 0.0909. The quantitative estimate of drug-likeness (QED) is 0.327. The summed E-state index contributed by atoms with van der Waals surface area (Å²) in [7, 11) is 0. The van der Waals surface area contributed by atoms with Crippen molar-refractivity contribution in [3.63, 3.8) is 0 Å². The number of aromatic nitrogens is 8. The van der Waals surface area contributed by atoms with Crippen molar-refractivity contribution in [2.75, 3.05) is 0 Å². The van der Waals surface area contributed by atoms with Crippen LogP contribution in [-0.2, 0) is 13.1 Å². The lowest BCUT2D eigenvalue weighted by Crippen LogP contribution is -2.40. The van der Waals surface area contributed by atoms with Crippen LogP contribution in [-0.4, -0.2) is 39.1 Å². The Hall–Kier alpha value is -4.26. The second kappa shape index (κ2) is 9.18. The molecule has 0 aliphatic heterocycles. The molecule has 0 saturated heterocycles. The molecule has 176 valence electrons. The summed E-state index contributed by atoms with van der Waals surface area (Å²) in [6.07, 6.45) is 4.55. The van der Waals surface area contributed by atoms with E-state index >= 15 is 0 Å². The minimum atomic E-state index is -0.578. The molecule has 3 heterocycles. The van der Waals surface area contributed by atoms with Crippen LogP contribution in [0.1, 0.15) is 11.4 Å². The molecule has 10 nitrogen and oxygen atoms in total. The summed E-state index contributed by atoms with van der Waals surface area (Å²) in [5.74, 6) is -0.751. The minimum absolute atomic E-state index is 0.0428. The molecule has 0 aliphatic carbocycles. The van der Waals surface area contributed by atoms with Crippen LogP contribution in [0.5, 0.6) is 0 Å². The normalized spacial score (nSPS) is 11.2. The van der Waals surface area contributed by atoms with Crippen molar-refractivity contribution in [2.24, 2.45) is 0 Å². The van der Waals surface area contributed by atoms with E-state index in [1.807, 2.05) is 0 Å². The molecule has 13 heteroatoms. The van der Waals surface area contributed by atoms with Gasteiger partial charge in [0, 0.05) is 6.20 Å². The number of hydrogen-bond acceptors (Lipinski definition) is 6. The first-order chi connectivity index (χ1) is 16.9. The van der Waals surface area contributed by atoms with Gasteiger partial charge in [-0.3, -0.25) is 13.9 Å². The smallest absolute Gasteiger partial charge is 0.293 e. The summed E-state index contributed by atoms with van der Waals surface area (Å²) in [5, 5.41) is 16.1. The van der Waals surface area contributed by atoms with Gasteiger partial charge in [-0.25, -0.2) is 22.9 Å². The first-order valence-corrected chi connectivity index (χ1v) is 11.0. The molecule has 0 N–H and O–H groups in total. The van der Waals surface area contributed by atoms with Gasteiger partial charge in [0.05, 0.1) is 41.3 Å². The lowest BCUT2D eigenvalue weighted by molar-refractivity contribution is 0.595. The maximum absolute atomic E-state index is 13.2. The number of halogens is 3. The van der Waals surface area contributed by atoms with Crippen molar-refractivity contribution >= 4 is 15.9 Å². The minimum Gasteiger partial charge on any atom is -0.293 e. The van der Waals surface area contributed by atoms with Gasteiger partial charge >= 0.3 is 5.69 Å². The highest BCUT2D eigenvalue weighted by Gasteiger charge is 2.14. The van der Waals surface area contributed by atoms with E-state index < -0.39 is 11.2 Å². The molecule has 0 amide bonds. The van der Waals surface area contributed by atoms with Crippen molar-refractivity contribution in [2.45, 2.75) is 13.1 Å². The Balaban J connectivity index is 1.41. The Morgan fingerprint density at radius 2 is 1.20 bits per heavy atom. The number of hydrogen-bond donors (Lipinski definition) is 0. The summed E-state index contributed by atoms with van der Waals surface area (Å²) in [6, 6.07) is 11.4. The van der Waals surface area contributed by atoms with Gasteiger partial charge in [-0.1, -0.05) is 10.4 Å². The molecular weight excluding hydrogens is 526 g/mol. The molecule has 3 aromatic heterocycles. The van der Waals surface area contributed by atoms with Crippen molar-refractivity contribution in [1.82, 2.24) is 39.1 Å². The first kappa shape index (κ1) is 22.5. The third-order valence-electron chi connectivity index (χ3n) is 5.11. The van der Waals surface area contributed by atoms with Crippen molar-refractivity contribution in [3.8, 4) is 11.4 Å². The largest absolute Gasteiger partial charge is 0.331 e. The first-order valence-electron chi connectivity index (χ1n) is 10.2. The van der Waals surface area contributed by atoms with E-state index in [4.69, 9.17) is 0 Å². The van der Waals surface area contributed by atoms with Gasteiger partial charge in [0.2, 0.25) is 0 Å². The van der Waals surface area contributed by atoms with Gasteiger partial charge in [0.1, 0.15) is 23.0 Å². The molecule has 0 atom stereocenters. The fourth-order valence-electron chi connectivity index (χ4n) is 3.39. The average molecular weight is 541 g/mol. The Morgan fingerprint density at radius 3 is 1.71 bits per heavy atom. The average Bonchev–Trinajstić information content (AvgIpc) is 3.51. The molecule has 35 heavy (non-hydrogen) atoms. The van der Waals surface area contributed by atoms with Crippen LogP contribution < -0.4 is 11.2 Å². The molecule has 0 unspecified atom stereocenters. The second-order valence-electron chi connectivity index (χ2n) is 7.54. The molecular formula is C22H15BrF2N8O2. The number of nitrogens with zero attached hydrogens (tertiary/aromatic N) is 8. The van der Waals surface area contributed by atoms with Gasteiger partial charge in [-0.15, -0.1) is 10.2 Å². The molecule has 0 radical (unpaired) electrons. The lowest BCUT2D eigenvalue weighted by Gasteiger charge is -2.09. The zero-order valence-electron chi connectivity index (χ0n) is 17.8. The second-order valence-corrected chi connectivity index (χ2v) is 8.39. The topological polar surface area (TPSA) is 105 Å². The molecule has 5 rings (SSSR count). The summed E-state index contributed by atoms with van der Waals surface area (Å²) < 4.78 is 31.7. The molecule has 0 aliphatic rings. The molecule has 0 fully saturated rings. The summed E-state index contributed by atoms with van der Waals surface area (Å²) >= 11 is 3.21. The predicted molar refractivity (Wildman–Crippen MR) is 124 cm³/mol. The molecule has 5 aromatic rings. The van der Waals surface area contributed by atoms with Crippen LogP contribution in [0.15, 0.2) is 81.2 Å². The maximum atomic E-state index is 13.2. The van der Waals surface area contributed by atoms with Gasteiger partial charge in [0.25, 0.3) is 5.56 Å². The molecule has 0 bridgehead atoms. The van der Waals surface area contributed by atoms with E-state index in [2.05, 4.69) is 36.6 Å². The van der Waals surface area contributed by atoms with E-state index in [1.54, 1.807) is 24.5 Å². The van der Waals surface area contributed by atoms with Gasteiger partial charge in [-0.2, -0.15) is 0 Å². The monoisotopic (exact) mass is 540 g/mol. The van der Waals surface area contributed by atoms with E-state index in [9.17, 15) is 18.4 Å². The molecule has 2 aromatic carbocycles. The maximum Gasteiger partial charge on any atom is 0.331 e. The van der Waals surface area contributed by atoms with E-state index in [-0.39, 0.29) is 29.2 Å².